The molecule has 1 saturated carbocycles. The number of rotatable bonds is 6. The van der Waals surface area contributed by atoms with Crippen LogP contribution in [0.25, 0.3) is 0 Å². The highest BCUT2D eigenvalue weighted by Gasteiger charge is 2.25. The Labute approximate surface area is 127 Å². The van der Waals surface area contributed by atoms with Crippen LogP contribution in [0, 0.1) is 0 Å². The molecule has 1 fully saturated rings. The second-order valence-corrected chi connectivity index (χ2v) is 5.80. The van der Waals surface area contributed by atoms with Gasteiger partial charge in [-0.05, 0) is 56.9 Å². The summed E-state index contributed by atoms with van der Waals surface area (Å²) in [6.45, 7) is 3.75. The number of likely N-dealkylation sites (N-methyl/N-ethyl adjacent to an activating group) is 1. The number of carbonyl (C=O) groups is 1. The first-order chi connectivity index (χ1) is 10.2. The molecule has 1 aliphatic rings. The summed E-state index contributed by atoms with van der Waals surface area (Å²) in [5.74, 6) is 0.901. The van der Waals surface area contributed by atoms with Gasteiger partial charge in [-0.1, -0.05) is 6.42 Å². The van der Waals surface area contributed by atoms with Gasteiger partial charge >= 0.3 is 0 Å². The number of anilines is 1. The van der Waals surface area contributed by atoms with E-state index in [1.165, 1.54) is 37.0 Å². The van der Waals surface area contributed by atoms with Gasteiger partial charge in [-0.15, -0.1) is 0 Å². The van der Waals surface area contributed by atoms with Crippen LogP contribution in [0.5, 0.6) is 5.75 Å². The number of amides is 1. The third-order valence-corrected chi connectivity index (χ3v) is 4.40. The van der Waals surface area contributed by atoms with Crippen LogP contribution < -0.4 is 15.0 Å². The summed E-state index contributed by atoms with van der Waals surface area (Å²) in [7, 11) is 1.64. The Hall–Kier alpha value is -1.55. The fourth-order valence-corrected chi connectivity index (χ4v) is 3.15. The van der Waals surface area contributed by atoms with E-state index < -0.39 is 0 Å². The highest BCUT2D eigenvalue weighted by Crippen LogP contribution is 2.16. The van der Waals surface area contributed by atoms with Crippen LogP contribution in [-0.4, -0.2) is 32.1 Å². The van der Waals surface area contributed by atoms with E-state index in [1.807, 2.05) is 24.3 Å². The van der Waals surface area contributed by atoms with Crippen molar-refractivity contribution in [1.82, 2.24) is 0 Å². The lowest BCUT2D eigenvalue weighted by atomic mass is 9.94. The Kier molecular flexibility index (Phi) is 6.05. The van der Waals surface area contributed by atoms with Crippen molar-refractivity contribution in [2.24, 2.45) is 0 Å². The standard InChI is InChI=1S/C17H26N2O2/c1-3-19(15-7-5-4-6-8-15)13-17(20)18-14-9-11-16(21-2)12-10-14/h9-12,15H,3-8,13H2,1-2H3,(H,18,20)/p+1. The average Bonchev–Trinajstić information content (AvgIpc) is 2.54. The predicted octanol–water partition coefficient (Wildman–Crippen LogP) is 1.87. The molecule has 116 valence electrons. The fraction of sp³-hybridized carbons (Fsp3) is 0.588. The van der Waals surface area contributed by atoms with Crippen molar-refractivity contribution in [2.45, 2.75) is 45.1 Å². The molecular formula is C17H27N2O2+. The Balaban J connectivity index is 1.86. The first-order valence-electron chi connectivity index (χ1n) is 8.01. The van der Waals surface area contributed by atoms with Crippen molar-refractivity contribution in [2.75, 3.05) is 25.5 Å². The molecule has 0 aromatic heterocycles. The smallest absolute Gasteiger partial charge is 0.279 e. The van der Waals surface area contributed by atoms with Crippen molar-refractivity contribution >= 4 is 11.6 Å². The summed E-state index contributed by atoms with van der Waals surface area (Å²) in [5.41, 5.74) is 0.833. The van der Waals surface area contributed by atoms with E-state index in [4.69, 9.17) is 4.74 Å². The van der Waals surface area contributed by atoms with Gasteiger partial charge in [0.2, 0.25) is 0 Å². The molecule has 1 atom stereocenters. The van der Waals surface area contributed by atoms with Crippen LogP contribution in [-0.2, 0) is 4.79 Å². The molecule has 2 rings (SSSR count). The summed E-state index contributed by atoms with van der Waals surface area (Å²) in [4.78, 5) is 13.6. The lowest BCUT2D eigenvalue weighted by Crippen LogP contribution is -3.16. The van der Waals surface area contributed by atoms with Crippen LogP contribution in [0.2, 0.25) is 0 Å². The van der Waals surface area contributed by atoms with E-state index in [0.717, 1.165) is 18.0 Å². The molecular weight excluding hydrogens is 264 g/mol. The van der Waals surface area contributed by atoms with Gasteiger partial charge in [0.15, 0.2) is 6.54 Å². The summed E-state index contributed by atoms with van der Waals surface area (Å²) < 4.78 is 5.12. The monoisotopic (exact) mass is 291 g/mol. The van der Waals surface area contributed by atoms with Crippen molar-refractivity contribution in [3.63, 3.8) is 0 Å². The second kappa shape index (κ2) is 8.03. The minimum absolute atomic E-state index is 0.0996. The van der Waals surface area contributed by atoms with Gasteiger partial charge in [0, 0.05) is 5.69 Å². The Morgan fingerprint density at radius 3 is 2.48 bits per heavy atom. The lowest BCUT2D eigenvalue weighted by Gasteiger charge is -2.30. The minimum Gasteiger partial charge on any atom is -0.497 e. The van der Waals surface area contributed by atoms with Crippen molar-refractivity contribution in [1.29, 1.82) is 0 Å². The molecule has 4 heteroatoms. The van der Waals surface area contributed by atoms with Crippen LogP contribution in [0.3, 0.4) is 0 Å². The third-order valence-electron chi connectivity index (χ3n) is 4.40. The van der Waals surface area contributed by atoms with Crippen LogP contribution >= 0.6 is 0 Å². The van der Waals surface area contributed by atoms with Gasteiger partial charge in [0.1, 0.15) is 5.75 Å². The van der Waals surface area contributed by atoms with Crippen LogP contribution in [0.4, 0.5) is 5.69 Å². The highest BCUT2D eigenvalue weighted by atomic mass is 16.5. The first kappa shape index (κ1) is 15.8. The SMILES string of the molecule is CC[NH+](CC(=O)Nc1ccc(OC)cc1)C1CCCCC1. The highest BCUT2D eigenvalue weighted by molar-refractivity contribution is 5.91. The molecule has 4 nitrogen and oxygen atoms in total. The second-order valence-electron chi connectivity index (χ2n) is 5.80. The number of hydrogen-bond acceptors (Lipinski definition) is 2. The van der Waals surface area contributed by atoms with Gasteiger partial charge < -0.3 is 15.0 Å². The summed E-state index contributed by atoms with van der Waals surface area (Å²) in [6.07, 6.45) is 6.51. The Morgan fingerprint density at radius 2 is 1.90 bits per heavy atom. The Bertz CT molecular complexity index is 439. The van der Waals surface area contributed by atoms with Crippen LogP contribution in [0.1, 0.15) is 39.0 Å². The molecule has 0 heterocycles. The largest absolute Gasteiger partial charge is 0.497 e. The van der Waals surface area contributed by atoms with Crippen molar-refractivity contribution in [3.05, 3.63) is 24.3 Å². The molecule has 2 N–H and O–H groups in total. The zero-order valence-electron chi connectivity index (χ0n) is 13.2. The summed E-state index contributed by atoms with van der Waals surface area (Å²) >= 11 is 0. The molecule has 0 bridgehead atoms. The molecule has 1 unspecified atom stereocenters. The molecule has 0 spiro atoms. The quantitative estimate of drug-likeness (QED) is 0.840. The van der Waals surface area contributed by atoms with E-state index in [-0.39, 0.29) is 5.91 Å². The summed E-state index contributed by atoms with van der Waals surface area (Å²) in [5, 5.41) is 2.98. The predicted molar refractivity (Wildman–Crippen MR) is 84.9 cm³/mol. The minimum atomic E-state index is 0.0996. The molecule has 1 aliphatic carbocycles. The lowest BCUT2D eigenvalue weighted by molar-refractivity contribution is -0.917. The number of nitrogens with one attached hydrogen (secondary N) is 2. The maximum absolute atomic E-state index is 12.2. The van der Waals surface area contributed by atoms with Crippen molar-refractivity contribution < 1.29 is 14.4 Å². The topological polar surface area (TPSA) is 42.8 Å². The zero-order valence-corrected chi connectivity index (χ0v) is 13.2. The molecule has 1 aromatic rings. The number of benzene rings is 1. The molecule has 0 radical (unpaired) electrons. The van der Waals surface area contributed by atoms with E-state index in [2.05, 4.69) is 12.2 Å². The van der Waals surface area contributed by atoms with Crippen LogP contribution in [0.15, 0.2) is 24.3 Å². The van der Waals surface area contributed by atoms with Gasteiger partial charge in [-0.3, -0.25) is 4.79 Å². The van der Waals surface area contributed by atoms with Gasteiger partial charge in [0.05, 0.1) is 19.7 Å². The third kappa shape index (κ3) is 4.74. The van der Waals surface area contributed by atoms with E-state index in [1.54, 1.807) is 7.11 Å². The van der Waals surface area contributed by atoms with Gasteiger partial charge in [-0.25, -0.2) is 0 Å². The number of carbonyl (C=O) groups excluding carboxylic acids is 1. The maximum atomic E-state index is 12.2. The van der Waals surface area contributed by atoms with Gasteiger partial charge in [-0.2, -0.15) is 0 Å². The number of hydrogen-bond donors (Lipinski definition) is 2. The van der Waals surface area contributed by atoms with E-state index in [9.17, 15) is 4.79 Å². The molecule has 1 aromatic carbocycles. The summed E-state index contributed by atoms with van der Waals surface area (Å²) in [6, 6.07) is 8.14. The molecule has 21 heavy (non-hydrogen) atoms. The van der Waals surface area contributed by atoms with E-state index >= 15 is 0 Å². The molecule has 0 aliphatic heterocycles. The van der Waals surface area contributed by atoms with Gasteiger partial charge in [0.25, 0.3) is 5.91 Å². The van der Waals surface area contributed by atoms with Crippen molar-refractivity contribution in [3.8, 4) is 5.75 Å². The number of ether oxygens (including phenoxy) is 1. The molecule has 1 amide bonds. The average molecular weight is 291 g/mol. The van der Waals surface area contributed by atoms with E-state index in [0.29, 0.717) is 12.6 Å². The number of methoxy groups -OCH3 is 1. The Morgan fingerprint density at radius 1 is 1.24 bits per heavy atom. The zero-order chi connectivity index (χ0) is 15.1. The maximum Gasteiger partial charge on any atom is 0.279 e. The fourth-order valence-electron chi connectivity index (χ4n) is 3.15. The normalized spacial score (nSPS) is 17.2. The molecule has 0 saturated heterocycles. The number of quaternary nitrogens is 1. The first-order valence-corrected chi connectivity index (χ1v) is 8.01.